The van der Waals surface area contributed by atoms with Crippen molar-refractivity contribution in [3.63, 3.8) is 0 Å². The highest BCUT2D eigenvalue weighted by molar-refractivity contribution is 6.04. The lowest BCUT2D eigenvalue weighted by Gasteiger charge is -2.18. The average molecular weight is 421 g/mol. The summed E-state index contributed by atoms with van der Waals surface area (Å²) in [6.07, 6.45) is 0.605. The molecule has 0 bridgehead atoms. The highest BCUT2D eigenvalue weighted by Gasteiger charge is 2.18. The second-order valence-electron chi connectivity index (χ2n) is 7.78. The van der Waals surface area contributed by atoms with Gasteiger partial charge in [0.1, 0.15) is 11.5 Å². The number of hydrogen-bond donors (Lipinski definition) is 2. The summed E-state index contributed by atoms with van der Waals surface area (Å²) in [7, 11) is 1.48. The van der Waals surface area contributed by atoms with E-state index in [1.54, 1.807) is 12.1 Å². The number of benzene rings is 2. The van der Waals surface area contributed by atoms with E-state index in [1.807, 2.05) is 6.07 Å². The van der Waals surface area contributed by atoms with Crippen LogP contribution in [0.4, 0.5) is 5.69 Å². The predicted octanol–water partition coefficient (Wildman–Crippen LogP) is 4.77. The van der Waals surface area contributed by atoms with Gasteiger partial charge < -0.3 is 20.2 Å². The summed E-state index contributed by atoms with van der Waals surface area (Å²) in [5, 5.41) is 2.73. The lowest BCUT2D eigenvalue weighted by atomic mass is 9.88. The van der Waals surface area contributed by atoms with E-state index in [9.17, 15) is 9.59 Å². The molecule has 6 nitrogen and oxygen atoms in total. The van der Waals surface area contributed by atoms with Crippen molar-refractivity contribution in [3.8, 4) is 5.75 Å². The van der Waals surface area contributed by atoms with Gasteiger partial charge >= 0.3 is 0 Å². The Kier molecular flexibility index (Phi) is 6.20. The van der Waals surface area contributed by atoms with Crippen LogP contribution in [0.15, 0.2) is 34.7 Å². The second-order valence-corrected chi connectivity index (χ2v) is 7.78. The van der Waals surface area contributed by atoms with Gasteiger partial charge in [-0.05, 0) is 98.3 Å². The van der Waals surface area contributed by atoms with Gasteiger partial charge in [-0.25, -0.2) is 0 Å². The molecule has 31 heavy (non-hydrogen) atoms. The SMILES string of the molecule is COc1ccc(C(N)=O)cc1NC(=O)c1ccc(Cc2c(C)c(C)c(C)c(C)c2C)o1. The van der Waals surface area contributed by atoms with Crippen LogP contribution >= 0.6 is 0 Å². The van der Waals surface area contributed by atoms with Crippen molar-refractivity contribution in [1.29, 1.82) is 0 Å². The number of nitrogens with one attached hydrogen (secondary N) is 1. The molecule has 0 unspecified atom stereocenters. The number of rotatable bonds is 6. The van der Waals surface area contributed by atoms with E-state index in [4.69, 9.17) is 14.9 Å². The summed E-state index contributed by atoms with van der Waals surface area (Å²) in [6, 6.07) is 8.06. The molecule has 0 radical (unpaired) electrons. The van der Waals surface area contributed by atoms with Crippen LogP contribution in [0, 0.1) is 34.6 Å². The van der Waals surface area contributed by atoms with Crippen LogP contribution < -0.4 is 15.8 Å². The van der Waals surface area contributed by atoms with Crippen molar-refractivity contribution in [2.24, 2.45) is 5.73 Å². The maximum atomic E-state index is 12.7. The van der Waals surface area contributed by atoms with Crippen molar-refractivity contribution in [2.45, 2.75) is 41.0 Å². The lowest BCUT2D eigenvalue weighted by Crippen LogP contribution is -2.15. The van der Waals surface area contributed by atoms with E-state index in [0.29, 0.717) is 23.6 Å². The Labute approximate surface area is 182 Å². The molecule has 0 spiro atoms. The zero-order chi connectivity index (χ0) is 22.9. The lowest BCUT2D eigenvalue weighted by molar-refractivity contribution is 0.0987. The van der Waals surface area contributed by atoms with Crippen LogP contribution in [0.25, 0.3) is 0 Å². The second kappa shape index (κ2) is 8.68. The first-order valence-electron chi connectivity index (χ1n) is 10.1. The van der Waals surface area contributed by atoms with Crippen LogP contribution in [0.3, 0.4) is 0 Å². The van der Waals surface area contributed by atoms with Crippen LogP contribution in [0.2, 0.25) is 0 Å². The molecular formula is C25H28N2O4. The minimum atomic E-state index is -0.590. The van der Waals surface area contributed by atoms with E-state index in [0.717, 1.165) is 0 Å². The van der Waals surface area contributed by atoms with Crippen LogP contribution in [0.5, 0.6) is 5.75 Å². The van der Waals surface area contributed by atoms with E-state index >= 15 is 0 Å². The smallest absolute Gasteiger partial charge is 0.291 e. The summed E-state index contributed by atoms with van der Waals surface area (Å²) in [4.78, 5) is 24.2. The molecule has 162 valence electrons. The largest absolute Gasteiger partial charge is 0.495 e. The van der Waals surface area contributed by atoms with Gasteiger partial charge in [0.25, 0.3) is 5.91 Å². The van der Waals surface area contributed by atoms with Crippen molar-refractivity contribution < 1.29 is 18.7 Å². The van der Waals surface area contributed by atoms with Gasteiger partial charge in [-0.15, -0.1) is 0 Å². The number of ether oxygens (including phenoxy) is 1. The number of carbonyl (C=O) groups is 2. The van der Waals surface area contributed by atoms with Gasteiger partial charge in [-0.2, -0.15) is 0 Å². The van der Waals surface area contributed by atoms with Gasteiger partial charge in [-0.1, -0.05) is 0 Å². The fourth-order valence-corrected chi connectivity index (χ4v) is 3.75. The van der Waals surface area contributed by atoms with E-state index in [-0.39, 0.29) is 11.3 Å². The fourth-order valence-electron chi connectivity index (χ4n) is 3.75. The molecule has 0 aliphatic heterocycles. The number of methoxy groups -OCH3 is 1. The van der Waals surface area contributed by atoms with Crippen LogP contribution in [-0.2, 0) is 6.42 Å². The number of hydrogen-bond acceptors (Lipinski definition) is 4. The summed E-state index contributed by atoms with van der Waals surface area (Å²) < 4.78 is 11.1. The van der Waals surface area contributed by atoms with Crippen molar-refractivity contribution >= 4 is 17.5 Å². The Balaban J connectivity index is 1.85. The summed E-state index contributed by atoms with van der Waals surface area (Å²) in [5.74, 6) is 0.278. The molecule has 2 amide bonds. The van der Waals surface area contributed by atoms with Crippen molar-refractivity contribution in [3.05, 3.63) is 80.8 Å². The van der Waals surface area contributed by atoms with Gasteiger partial charge in [0.05, 0.1) is 12.8 Å². The minimum absolute atomic E-state index is 0.178. The molecule has 3 N–H and O–H groups in total. The molecule has 0 aliphatic carbocycles. The number of furan rings is 1. The highest BCUT2D eigenvalue weighted by Crippen LogP contribution is 2.29. The third-order valence-electron chi connectivity index (χ3n) is 6.12. The first-order chi connectivity index (χ1) is 14.6. The third kappa shape index (κ3) is 4.33. The molecule has 1 aromatic heterocycles. The highest BCUT2D eigenvalue weighted by atomic mass is 16.5. The summed E-state index contributed by atoms with van der Waals surface area (Å²) in [6.45, 7) is 10.7. The maximum absolute atomic E-state index is 12.7. The standard InChI is InChI=1S/C25H28N2O4/c1-13-14(2)16(4)20(17(5)15(13)3)12-19-8-10-23(31-19)25(29)27-21-11-18(24(26)28)7-9-22(21)30-6/h7-11H,12H2,1-6H3,(H2,26,28)(H,27,29). The Morgan fingerprint density at radius 2 is 1.55 bits per heavy atom. The fraction of sp³-hybridized carbons (Fsp3) is 0.280. The molecule has 0 saturated heterocycles. The average Bonchev–Trinajstić information content (AvgIpc) is 3.22. The zero-order valence-electron chi connectivity index (χ0n) is 18.8. The molecule has 0 saturated carbocycles. The maximum Gasteiger partial charge on any atom is 0.291 e. The van der Waals surface area contributed by atoms with E-state index in [2.05, 4.69) is 39.9 Å². The Hall–Kier alpha value is -3.54. The van der Waals surface area contributed by atoms with Crippen molar-refractivity contribution in [1.82, 2.24) is 0 Å². The van der Waals surface area contributed by atoms with Crippen LogP contribution in [-0.4, -0.2) is 18.9 Å². The Bertz CT molecular complexity index is 1150. The molecule has 0 atom stereocenters. The van der Waals surface area contributed by atoms with Gasteiger partial charge in [0.15, 0.2) is 5.76 Å². The van der Waals surface area contributed by atoms with Gasteiger partial charge in [-0.3, -0.25) is 9.59 Å². The molecule has 1 heterocycles. The first-order valence-corrected chi connectivity index (χ1v) is 10.1. The number of carbonyl (C=O) groups excluding carboxylic acids is 2. The molecular weight excluding hydrogens is 392 g/mol. The van der Waals surface area contributed by atoms with E-state index in [1.165, 1.54) is 52.6 Å². The summed E-state index contributed by atoms with van der Waals surface area (Å²) >= 11 is 0. The number of primary amides is 1. The first kappa shape index (κ1) is 22.2. The molecule has 2 aromatic carbocycles. The molecule has 6 heteroatoms. The number of amides is 2. The van der Waals surface area contributed by atoms with Crippen LogP contribution in [0.1, 0.15) is 60.1 Å². The molecule has 0 fully saturated rings. The minimum Gasteiger partial charge on any atom is -0.495 e. The topological polar surface area (TPSA) is 94.6 Å². The quantitative estimate of drug-likeness (QED) is 0.600. The zero-order valence-corrected chi connectivity index (χ0v) is 18.8. The summed E-state index contributed by atoms with van der Waals surface area (Å²) in [5.41, 5.74) is 13.5. The van der Waals surface area contributed by atoms with Gasteiger partial charge in [0, 0.05) is 12.0 Å². The normalized spacial score (nSPS) is 10.8. The van der Waals surface area contributed by atoms with Crippen molar-refractivity contribution in [2.75, 3.05) is 12.4 Å². The predicted molar refractivity (Wildman–Crippen MR) is 121 cm³/mol. The van der Waals surface area contributed by atoms with E-state index < -0.39 is 11.8 Å². The monoisotopic (exact) mass is 420 g/mol. The molecule has 0 aliphatic rings. The molecule has 3 aromatic rings. The third-order valence-corrected chi connectivity index (χ3v) is 6.12. The van der Waals surface area contributed by atoms with Gasteiger partial charge in [0.2, 0.25) is 5.91 Å². The Morgan fingerprint density at radius 1 is 0.935 bits per heavy atom. The molecule has 3 rings (SSSR count). The number of nitrogens with two attached hydrogens (primary N) is 1. The number of anilines is 1. The Morgan fingerprint density at radius 3 is 2.13 bits per heavy atom.